The third kappa shape index (κ3) is 4.25. The maximum absolute atomic E-state index is 10.6. The number of aromatic nitrogens is 2. The second-order valence-electron chi connectivity index (χ2n) is 3.67. The maximum Gasteiger partial charge on any atom is 0.490 e. The molecule has 106 valence electrons. The van der Waals surface area contributed by atoms with E-state index in [1.165, 1.54) is 0 Å². The van der Waals surface area contributed by atoms with Gasteiger partial charge >= 0.3 is 18.1 Å². The summed E-state index contributed by atoms with van der Waals surface area (Å²) in [6.07, 6.45) is -5.08. The predicted molar refractivity (Wildman–Crippen MR) is 54.8 cm³/mol. The first-order chi connectivity index (χ1) is 8.71. The number of aromatic amines is 1. The molecule has 1 aliphatic rings. The number of halogens is 3. The van der Waals surface area contributed by atoms with Gasteiger partial charge in [0, 0.05) is 24.7 Å². The Labute approximate surface area is 104 Å². The minimum absolute atomic E-state index is 0.0944. The number of hydrogen-bond acceptors (Lipinski definition) is 4. The second kappa shape index (κ2) is 5.69. The molecule has 4 N–H and O–H groups in total. The van der Waals surface area contributed by atoms with Crippen LogP contribution in [0.2, 0.25) is 0 Å². The lowest BCUT2D eigenvalue weighted by Crippen LogP contribution is -2.40. The summed E-state index contributed by atoms with van der Waals surface area (Å²) in [5.74, 6) is -3.33. The number of H-pyrrole nitrogens is 1. The fourth-order valence-corrected chi connectivity index (χ4v) is 1.16. The normalized spacial score (nSPS) is 15.1. The number of carbonyl (C=O) groups is 2. The first kappa shape index (κ1) is 15.0. The molecule has 7 nitrogen and oxygen atoms in total. The average Bonchev–Trinajstić information content (AvgIpc) is 2.63. The fraction of sp³-hybridized carbons (Fsp3) is 0.444. The highest BCUT2D eigenvalue weighted by Gasteiger charge is 2.38. The number of aromatic carboxylic acids is 1. The lowest BCUT2D eigenvalue weighted by atomic mass is 9.99. The Bertz CT molecular complexity index is 468. The van der Waals surface area contributed by atoms with E-state index in [9.17, 15) is 18.0 Å². The van der Waals surface area contributed by atoms with Gasteiger partial charge in [-0.25, -0.2) is 9.59 Å². The predicted octanol–water partition coefficient (Wildman–Crippen LogP) is 0.428. The Kier molecular flexibility index (Phi) is 4.48. The van der Waals surface area contributed by atoms with Gasteiger partial charge in [0.1, 0.15) is 0 Å². The molecule has 1 fully saturated rings. The Hall–Kier alpha value is -2.10. The van der Waals surface area contributed by atoms with Gasteiger partial charge in [-0.15, -0.1) is 0 Å². The molecule has 0 radical (unpaired) electrons. The molecule has 0 amide bonds. The van der Waals surface area contributed by atoms with Gasteiger partial charge in [0.2, 0.25) is 0 Å². The summed E-state index contributed by atoms with van der Waals surface area (Å²) in [6.45, 7) is 1.81. The minimum atomic E-state index is -5.08. The summed E-state index contributed by atoms with van der Waals surface area (Å²) < 4.78 is 31.7. The van der Waals surface area contributed by atoms with Crippen LogP contribution >= 0.6 is 0 Å². The molecule has 10 heteroatoms. The molecule has 0 bridgehead atoms. The van der Waals surface area contributed by atoms with Gasteiger partial charge in [-0.1, -0.05) is 0 Å². The quantitative estimate of drug-likeness (QED) is 0.624. The lowest BCUT2D eigenvalue weighted by molar-refractivity contribution is -0.192. The number of alkyl halides is 3. The van der Waals surface area contributed by atoms with Gasteiger partial charge in [0.05, 0.1) is 0 Å². The molecule has 0 unspecified atom stereocenters. The monoisotopic (exact) mass is 281 g/mol. The van der Waals surface area contributed by atoms with Gasteiger partial charge in [-0.05, 0) is 6.07 Å². The zero-order chi connectivity index (χ0) is 14.6. The van der Waals surface area contributed by atoms with Crippen molar-refractivity contribution in [3.8, 4) is 0 Å². The van der Waals surface area contributed by atoms with Crippen molar-refractivity contribution in [1.82, 2.24) is 15.5 Å². The van der Waals surface area contributed by atoms with E-state index in [0.29, 0.717) is 5.92 Å². The van der Waals surface area contributed by atoms with Gasteiger partial charge in [0.15, 0.2) is 5.69 Å². The van der Waals surface area contributed by atoms with Crippen LogP contribution in [0.5, 0.6) is 0 Å². The average molecular weight is 281 g/mol. The van der Waals surface area contributed by atoms with Crippen LogP contribution < -0.4 is 5.32 Å². The standard InChI is InChI=1S/C7H9N3O2.C2HF3O2/c11-7(12)6-1-5(9-10-6)4-2-8-3-4;3-2(4,5)1(6)7/h1,4,8H,2-3H2,(H,9,10)(H,11,12);(H,6,7). The number of carboxylic acids is 2. The highest BCUT2D eigenvalue weighted by Crippen LogP contribution is 2.17. The highest BCUT2D eigenvalue weighted by molar-refractivity contribution is 5.85. The lowest BCUT2D eigenvalue weighted by Gasteiger charge is -2.25. The molecule has 2 heterocycles. The van der Waals surface area contributed by atoms with Gasteiger partial charge < -0.3 is 15.5 Å². The largest absolute Gasteiger partial charge is 0.490 e. The third-order valence-electron chi connectivity index (χ3n) is 2.28. The van der Waals surface area contributed by atoms with Crippen molar-refractivity contribution in [2.24, 2.45) is 0 Å². The molecule has 0 aromatic carbocycles. The van der Waals surface area contributed by atoms with Crippen molar-refractivity contribution in [1.29, 1.82) is 0 Å². The molecular weight excluding hydrogens is 271 g/mol. The SMILES string of the molecule is O=C(O)C(F)(F)F.O=C(O)c1cc(C2CNC2)[nH]n1. The Morgan fingerprint density at radius 3 is 2.11 bits per heavy atom. The first-order valence-corrected chi connectivity index (χ1v) is 5.01. The summed E-state index contributed by atoms with van der Waals surface area (Å²) in [5, 5.41) is 25.2. The Balaban J connectivity index is 0.000000224. The molecule has 1 aliphatic heterocycles. The van der Waals surface area contributed by atoms with Crippen LogP contribution in [0.25, 0.3) is 0 Å². The van der Waals surface area contributed by atoms with Crippen LogP contribution in [0, 0.1) is 0 Å². The second-order valence-corrected chi connectivity index (χ2v) is 3.67. The number of nitrogens with zero attached hydrogens (tertiary/aromatic N) is 1. The Morgan fingerprint density at radius 1 is 1.32 bits per heavy atom. The van der Waals surface area contributed by atoms with E-state index in [2.05, 4.69) is 15.5 Å². The van der Waals surface area contributed by atoms with Crippen LogP contribution in [0.15, 0.2) is 6.07 Å². The third-order valence-corrected chi connectivity index (χ3v) is 2.28. The van der Waals surface area contributed by atoms with Crippen molar-refractivity contribution in [2.75, 3.05) is 13.1 Å². The number of nitrogens with one attached hydrogen (secondary N) is 2. The number of rotatable bonds is 2. The molecule has 1 aromatic heterocycles. The van der Waals surface area contributed by atoms with Crippen LogP contribution in [0.1, 0.15) is 22.1 Å². The number of aliphatic carboxylic acids is 1. The molecule has 1 aromatic rings. The van der Waals surface area contributed by atoms with Crippen LogP contribution in [-0.4, -0.2) is 51.6 Å². The van der Waals surface area contributed by atoms with E-state index in [-0.39, 0.29) is 5.69 Å². The smallest absolute Gasteiger partial charge is 0.476 e. The first-order valence-electron chi connectivity index (χ1n) is 5.01. The summed E-state index contributed by atoms with van der Waals surface area (Å²) in [7, 11) is 0. The van der Waals surface area contributed by atoms with Crippen molar-refractivity contribution >= 4 is 11.9 Å². The van der Waals surface area contributed by atoms with Crippen LogP contribution in [0.3, 0.4) is 0 Å². The van der Waals surface area contributed by atoms with E-state index >= 15 is 0 Å². The Morgan fingerprint density at radius 2 is 1.84 bits per heavy atom. The molecule has 1 saturated heterocycles. The molecule has 2 rings (SSSR count). The number of hydrogen-bond donors (Lipinski definition) is 4. The van der Waals surface area contributed by atoms with E-state index in [1.54, 1.807) is 6.07 Å². The maximum atomic E-state index is 10.6. The zero-order valence-corrected chi connectivity index (χ0v) is 9.36. The van der Waals surface area contributed by atoms with E-state index in [4.69, 9.17) is 15.0 Å². The summed E-state index contributed by atoms with van der Waals surface area (Å²) in [6, 6.07) is 1.59. The van der Waals surface area contributed by atoms with Gasteiger partial charge in [-0.3, -0.25) is 5.10 Å². The van der Waals surface area contributed by atoms with Crippen molar-refractivity contribution < 1.29 is 33.0 Å². The molecule has 0 spiro atoms. The summed E-state index contributed by atoms with van der Waals surface area (Å²) in [5.41, 5.74) is 1.00. The summed E-state index contributed by atoms with van der Waals surface area (Å²) >= 11 is 0. The molecule has 0 aliphatic carbocycles. The van der Waals surface area contributed by atoms with Gasteiger partial charge in [0.25, 0.3) is 0 Å². The fourth-order valence-electron chi connectivity index (χ4n) is 1.16. The van der Waals surface area contributed by atoms with E-state index in [1.807, 2.05) is 0 Å². The minimum Gasteiger partial charge on any atom is -0.476 e. The van der Waals surface area contributed by atoms with Crippen LogP contribution in [-0.2, 0) is 4.79 Å². The molecule has 19 heavy (non-hydrogen) atoms. The van der Waals surface area contributed by atoms with Crippen molar-refractivity contribution in [3.63, 3.8) is 0 Å². The molecule has 0 atom stereocenters. The van der Waals surface area contributed by atoms with E-state index in [0.717, 1.165) is 18.8 Å². The number of carboxylic acid groups (broad SMARTS) is 2. The molecular formula is C9H10F3N3O4. The zero-order valence-electron chi connectivity index (χ0n) is 9.36. The van der Waals surface area contributed by atoms with Crippen molar-refractivity contribution in [2.45, 2.75) is 12.1 Å². The highest BCUT2D eigenvalue weighted by atomic mass is 19.4. The summed E-state index contributed by atoms with van der Waals surface area (Å²) in [4.78, 5) is 19.3. The topological polar surface area (TPSA) is 115 Å². The van der Waals surface area contributed by atoms with Gasteiger partial charge in [-0.2, -0.15) is 18.3 Å². The van der Waals surface area contributed by atoms with Crippen molar-refractivity contribution in [3.05, 3.63) is 17.5 Å². The van der Waals surface area contributed by atoms with E-state index < -0.39 is 18.1 Å². The van der Waals surface area contributed by atoms with Crippen LogP contribution in [0.4, 0.5) is 13.2 Å². The molecule has 0 saturated carbocycles.